The van der Waals surface area contributed by atoms with Crippen molar-refractivity contribution in [2.75, 3.05) is 5.32 Å². The fraction of sp³-hybridized carbons (Fsp3) is 0.0625. The molecule has 6 heteroatoms. The van der Waals surface area contributed by atoms with Crippen molar-refractivity contribution >= 4 is 22.6 Å². The molecule has 110 valence electrons. The lowest BCUT2D eigenvalue weighted by Crippen LogP contribution is -2.21. The summed E-state index contributed by atoms with van der Waals surface area (Å²) in [6, 6.07) is 10.7. The summed E-state index contributed by atoms with van der Waals surface area (Å²) in [6.07, 6.45) is 3.34. The van der Waals surface area contributed by atoms with Gasteiger partial charge in [0, 0.05) is 24.3 Å². The van der Waals surface area contributed by atoms with Crippen LogP contribution in [-0.4, -0.2) is 21.0 Å². The zero-order valence-corrected chi connectivity index (χ0v) is 11.5. The van der Waals surface area contributed by atoms with Crippen LogP contribution in [0.3, 0.4) is 0 Å². The van der Waals surface area contributed by atoms with Gasteiger partial charge >= 0.3 is 5.97 Å². The van der Waals surface area contributed by atoms with E-state index in [2.05, 4.69) is 15.3 Å². The Balaban J connectivity index is 2.11. The van der Waals surface area contributed by atoms with Gasteiger partial charge in [-0.05, 0) is 17.7 Å². The van der Waals surface area contributed by atoms with Crippen LogP contribution in [0.1, 0.15) is 15.9 Å². The molecule has 6 nitrogen and oxygen atoms in total. The number of aromatic carboxylic acids is 1. The molecule has 0 aliphatic rings. The number of carboxylic acid groups (broad SMARTS) is 1. The summed E-state index contributed by atoms with van der Waals surface area (Å²) in [5.74, 6) is -1.26. The van der Waals surface area contributed by atoms with Gasteiger partial charge in [0.1, 0.15) is 5.56 Å². The average molecular weight is 295 g/mol. The van der Waals surface area contributed by atoms with Crippen LogP contribution < -0.4 is 10.9 Å². The lowest BCUT2D eigenvalue weighted by atomic mass is 10.1. The first-order chi connectivity index (χ1) is 10.7. The number of pyridine rings is 2. The Morgan fingerprint density at radius 1 is 1.23 bits per heavy atom. The van der Waals surface area contributed by atoms with Gasteiger partial charge in [0.2, 0.25) is 0 Å². The summed E-state index contributed by atoms with van der Waals surface area (Å²) in [5, 5.41) is 13.0. The van der Waals surface area contributed by atoms with E-state index in [1.165, 1.54) is 0 Å². The molecule has 3 rings (SSSR count). The number of H-pyrrole nitrogens is 1. The van der Waals surface area contributed by atoms with Crippen molar-refractivity contribution in [3.8, 4) is 0 Å². The number of hydrogen-bond acceptors (Lipinski definition) is 4. The second-order valence-electron chi connectivity index (χ2n) is 4.77. The molecule has 1 aromatic carbocycles. The van der Waals surface area contributed by atoms with Gasteiger partial charge in [0.25, 0.3) is 5.56 Å². The second-order valence-corrected chi connectivity index (χ2v) is 4.77. The van der Waals surface area contributed by atoms with Crippen LogP contribution in [0.25, 0.3) is 10.9 Å². The Hall–Kier alpha value is -3.15. The predicted molar refractivity (Wildman–Crippen MR) is 83.1 cm³/mol. The normalized spacial score (nSPS) is 10.5. The highest BCUT2D eigenvalue weighted by atomic mass is 16.4. The number of rotatable bonds is 4. The molecular formula is C16H13N3O3. The van der Waals surface area contributed by atoms with Gasteiger partial charge in [-0.3, -0.25) is 9.78 Å². The topological polar surface area (TPSA) is 95.1 Å². The number of nitrogens with zero attached hydrogens (tertiary/aromatic N) is 1. The van der Waals surface area contributed by atoms with Gasteiger partial charge < -0.3 is 15.4 Å². The standard InChI is InChI=1S/C16H13N3O3/c20-15-13(16(21)22)14(11-5-1-2-6-12(11)19-15)18-9-10-4-3-7-17-8-10/h1-8H,9H2,(H,21,22)(H2,18,19,20). The van der Waals surface area contributed by atoms with E-state index in [1.54, 1.807) is 42.7 Å². The van der Waals surface area contributed by atoms with Gasteiger partial charge in [0.15, 0.2) is 0 Å². The van der Waals surface area contributed by atoms with E-state index in [0.717, 1.165) is 5.56 Å². The third-order valence-electron chi connectivity index (χ3n) is 3.33. The molecule has 0 spiro atoms. The van der Waals surface area contributed by atoms with Crippen molar-refractivity contribution in [3.05, 3.63) is 70.3 Å². The van der Waals surface area contributed by atoms with Gasteiger partial charge in [-0.25, -0.2) is 4.79 Å². The minimum Gasteiger partial charge on any atom is -0.477 e. The van der Waals surface area contributed by atoms with Crippen LogP contribution in [0.15, 0.2) is 53.6 Å². The maximum atomic E-state index is 12.0. The van der Waals surface area contributed by atoms with E-state index in [4.69, 9.17) is 0 Å². The lowest BCUT2D eigenvalue weighted by molar-refractivity contribution is 0.0696. The number of anilines is 1. The van der Waals surface area contributed by atoms with Crippen molar-refractivity contribution in [1.82, 2.24) is 9.97 Å². The molecule has 0 unspecified atom stereocenters. The molecule has 0 aliphatic heterocycles. The number of para-hydroxylation sites is 1. The molecule has 0 atom stereocenters. The zero-order chi connectivity index (χ0) is 15.5. The van der Waals surface area contributed by atoms with E-state index in [1.807, 2.05) is 6.07 Å². The Morgan fingerprint density at radius 2 is 2.05 bits per heavy atom. The number of benzene rings is 1. The summed E-state index contributed by atoms with van der Waals surface area (Å²) in [5.41, 5.74) is 0.882. The van der Waals surface area contributed by atoms with Gasteiger partial charge in [-0.1, -0.05) is 24.3 Å². The number of aromatic amines is 1. The number of carbonyl (C=O) groups is 1. The Morgan fingerprint density at radius 3 is 2.77 bits per heavy atom. The van der Waals surface area contributed by atoms with Crippen LogP contribution in [-0.2, 0) is 6.54 Å². The maximum absolute atomic E-state index is 12.0. The van der Waals surface area contributed by atoms with Gasteiger partial charge in [0.05, 0.1) is 11.2 Å². The number of aromatic nitrogens is 2. The predicted octanol–water partition coefficient (Wildman–Crippen LogP) is 2.23. The fourth-order valence-corrected chi connectivity index (χ4v) is 2.32. The molecule has 2 aromatic heterocycles. The number of carboxylic acids is 1. The van der Waals surface area contributed by atoms with Crippen molar-refractivity contribution in [2.45, 2.75) is 6.54 Å². The Kier molecular flexibility index (Phi) is 3.57. The van der Waals surface area contributed by atoms with Crippen molar-refractivity contribution in [2.24, 2.45) is 0 Å². The zero-order valence-electron chi connectivity index (χ0n) is 11.5. The van der Waals surface area contributed by atoms with Crippen LogP contribution in [0.5, 0.6) is 0 Å². The minimum absolute atomic E-state index is 0.289. The van der Waals surface area contributed by atoms with E-state index in [0.29, 0.717) is 23.1 Å². The quantitative estimate of drug-likeness (QED) is 0.686. The SMILES string of the molecule is O=C(O)c1c(NCc2cccnc2)c2ccccc2[nH]c1=O. The molecule has 0 radical (unpaired) electrons. The average Bonchev–Trinajstić information content (AvgIpc) is 2.52. The lowest BCUT2D eigenvalue weighted by Gasteiger charge is -2.12. The highest BCUT2D eigenvalue weighted by Crippen LogP contribution is 2.24. The molecular weight excluding hydrogens is 282 g/mol. The van der Waals surface area contributed by atoms with Crippen LogP contribution in [0.4, 0.5) is 5.69 Å². The van der Waals surface area contributed by atoms with Gasteiger partial charge in [-0.15, -0.1) is 0 Å². The third kappa shape index (κ3) is 2.54. The first-order valence-corrected chi connectivity index (χ1v) is 6.68. The van der Waals surface area contributed by atoms with E-state index >= 15 is 0 Å². The summed E-state index contributed by atoms with van der Waals surface area (Å²) in [4.78, 5) is 30.0. The fourth-order valence-electron chi connectivity index (χ4n) is 2.32. The van der Waals surface area contributed by atoms with Crippen molar-refractivity contribution in [1.29, 1.82) is 0 Å². The molecule has 3 N–H and O–H groups in total. The molecule has 0 saturated heterocycles. The van der Waals surface area contributed by atoms with Crippen LogP contribution in [0, 0.1) is 0 Å². The largest absolute Gasteiger partial charge is 0.477 e. The van der Waals surface area contributed by atoms with Crippen molar-refractivity contribution in [3.63, 3.8) is 0 Å². The molecule has 0 bridgehead atoms. The Labute approximate surface area is 125 Å². The molecule has 2 heterocycles. The summed E-state index contributed by atoms with van der Waals surface area (Å²) >= 11 is 0. The molecule has 0 aliphatic carbocycles. The molecule has 3 aromatic rings. The summed E-state index contributed by atoms with van der Waals surface area (Å²) < 4.78 is 0. The summed E-state index contributed by atoms with van der Waals surface area (Å²) in [7, 11) is 0. The third-order valence-corrected chi connectivity index (χ3v) is 3.33. The number of nitrogens with one attached hydrogen (secondary N) is 2. The van der Waals surface area contributed by atoms with Gasteiger partial charge in [-0.2, -0.15) is 0 Å². The van der Waals surface area contributed by atoms with E-state index in [-0.39, 0.29) is 5.56 Å². The molecule has 0 saturated carbocycles. The highest BCUT2D eigenvalue weighted by Gasteiger charge is 2.18. The van der Waals surface area contributed by atoms with E-state index < -0.39 is 11.5 Å². The smallest absolute Gasteiger partial charge is 0.343 e. The molecule has 22 heavy (non-hydrogen) atoms. The van der Waals surface area contributed by atoms with Crippen LogP contribution in [0.2, 0.25) is 0 Å². The minimum atomic E-state index is -1.26. The van der Waals surface area contributed by atoms with E-state index in [9.17, 15) is 14.7 Å². The first kappa shape index (κ1) is 13.8. The number of hydrogen-bond donors (Lipinski definition) is 3. The summed E-state index contributed by atoms with van der Waals surface area (Å²) in [6.45, 7) is 0.377. The molecule has 0 amide bonds. The number of fused-ring (bicyclic) bond motifs is 1. The first-order valence-electron chi connectivity index (χ1n) is 6.68. The van der Waals surface area contributed by atoms with Crippen LogP contribution >= 0.6 is 0 Å². The molecule has 0 fully saturated rings. The highest BCUT2D eigenvalue weighted by molar-refractivity contribution is 6.04. The monoisotopic (exact) mass is 295 g/mol. The maximum Gasteiger partial charge on any atom is 0.343 e. The second kappa shape index (κ2) is 5.69. The van der Waals surface area contributed by atoms with Crippen molar-refractivity contribution < 1.29 is 9.90 Å². The Bertz CT molecular complexity index is 888.